The molecule has 1 saturated heterocycles. The van der Waals surface area contributed by atoms with Crippen LogP contribution in [0.25, 0.3) is 22.3 Å². The highest BCUT2D eigenvalue weighted by molar-refractivity contribution is 5.88. The molecular formula is C37H40F3N7O2. The van der Waals surface area contributed by atoms with E-state index in [1.807, 2.05) is 50.5 Å². The molecule has 12 heteroatoms. The monoisotopic (exact) mass is 671 g/mol. The molecule has 1 fully saturated rings. The molecule has 2 aliphatic heterocycles. The lowest BCUT2D eigenvalue weighted by atomic mass is 9.92. The number of nitrogens with zero attached hydrogens (tertiary/aromatic N) is 6. The Labute approximate surface area is 283 Å². The van der Waals surface area contributed by atoms with Crippen LogP contribution in [-0.2, 0) is 37.4 Å². The number of rotatable bonds is 8. The van der Waals surface area contributed by atoms with Gasteiger partial charge in [0.05, 0.1) is 35.3 Å². The predicted octanol–water partition coefficient (Wildman–Crippen LogP) is 6.60. The molecule has 0 radical (unpaired) electrons. The third-order valence-electron chi connectivity index (χ3n) is 9.85. The maximum Gasteiger partial charge on any atom is 0.416 e. The molecule has 5 heterocycles. The van der Waals surface area contributed by atoms with E-state index in [-0.39, 0.29) is 30.5 Å². The number of ether oxygens (including phenoxy) is 1. The lowest BCUT2D eigenvalue weighted by Gasteiger charge is -2.36. The number of nitrogens with one attached hydrogen (secondary N) is 1. The van der Waals surface area contributed by atoms with Gasteiger partial charge in [-0.2, -0.15) is 18.3 Å². The molecule has 1 N–H and O–H groups in total. The van der Waals surface area contributed by atoms with Gasteiger partial charge < -0.3 is 19.5 Å². The number of alkyl halides is 3. The number of hydrogen-bond donors (Lipinski definition) is 1. The molecule has 0 aliphatic carbocycles. The van der Waals surface area contributed by atoms with Crippen LogP contribution in [0.4, 0.5) is 13.2 Å². The maximum absolute atomic E-state index is 14.2. The third-order valence-corrected chi connectivity index (χ3v) is 9.85. The van der Waals surface area contributed by atoms with Crippen LogP contribution < -0.4 is 4.74 Å². The number of hydrogen-bond acceptors (Lipinski definition) is 6. The number of amides is 1. The van der Waals surface area contributed by atoms with Crippen LogP contribution in [0.3, 0.4) is 0 Å². The number of piperazine rings is 1. The molecule has 0 bridgehead atoms. The van der Waals surface area contributed by atoms with Crippen LogP contribution in [0.1, 0.15) is 47.7 Å². The van der Waals surface area contributed by atoms with E-state index < -0.39 is 11.7 Å². The number of fused-ring (bicyclic) bond motifs is 2. The highest BCUT2D eigenvalue weighted by Gasteiger charge is 2.35. The fourth-order valence-corrected chi connectivity index (χ4v) is 7.05. The van der Waals surface area contributed by atoms with Gasteiger partial charge in [0.1, 0.15) is 17.1 Å². The van der Waals surface area contributed by atoms with E-state index in [1.165, 1.54) is 6.07 Å². The van der Waals surface area contributed by atoms with Crippen molar-refractivity contribution < 1.29 is 22.7 Å². The van der Waals surface area contributed by atoms with Crippen molar-refractivity contribution in [1.29, 1.82) is 0 Å². The van der Waals surface area contributed by atoms with E-state index in [9.17, 15) is 18.0 Å². The largest absolute Gasteiger partial charge is 0.457 e. The first-order chi connectivity index (χ1) is 23.6. The summed E-state index contributed by atoms with van der Waals surface area (Å²) in [7, 11) is 1.86. The van der Waals surface area contributed by atoms with E-state index in [1.54, 1.807) is 34.1 Å². The van der Waals surface area contributed by atoms with Crippen molar-refractivity contribution >= 4 is 16.9 Å². The first-order valence-electron chi connectivity index (χ1n) is 16.8. The van der Waals surface area contributed by atoms with Crippen LogP contribution in [-0.4, -0.2) is 79.6 Å². The first kappa shape index (κ1) is 32.8. The summed E-state index contributed by atoms with van der Waals surface area (Å²) >= 11 is 0. The van der Waals surface area contributed by atoms with Crippen LogP contribution >= 0.6 is 0 Å². The van der Waals surface area contributed by atoms with Gasteiger partial charge >= 0.3 is 6.18 Å². The number of likely N-dealkylation sites (N-methyl/N-ethyl adjacent to an activating group) is 1. The summed E-state index contributed by atoms with van der Waals surface area (Å²) in [5, 5.41) is 5.08. The number of aryl methyl sites for hydroxylation is 1. The van der Waals surface area contributed by atoms with Gasteiger partial charge in [-0.05, 0) is 72.5 Å². The Morgan fingerprint density at radius 1 is 1.02 bits per heavy atom. The maximum atomic E-state index is 14.2. The molecule has 1 atom stereocenters. The standard InChI is InChI=1S/C37H40F3N7O2/c1-4-45-13-15-46(16-14-45)23-27-6-5-25(17-32(27)37(38,39)40)18-35(48)47-12-10-26-7-8-29(19-30(26)24(47)2)49-34-9-11-41-36-31(34)20-33(43-36)28-21-42-44(3)22-28/h5-9,11,17,19-22,24H,4,10,12-16,18,23H2,1-3H3,(H,41,43)/t24-/m0/s1. The molecule has 0 unspecified atom stereocenters. The van der Waals surface area contributed by atoms with Crippen molar-refractivity contribution in [2.75, 3.05) is 39.3 Å². The van der Waals surface area contributed by atoms with Gasteiger partial charge in [0.25, 0.3) is 0 Å². The zero-order chi connectivity index (χ0) is 34.3. The number of aromatic amines is 1. The normalized spacial score (nSPS) is 17.4. The molecule has 256 valence electrons. The number of pyridine rings is 1. The summed E-state index contributed by atoms with van der Waals surface area (Å²) in [4.78, 5) is 27.6. The molecule has 2 aliphatic rings. The topological polar surface area (TPSA) is 82.5 Å². The average Bonchev–Trinajstić information content (AvgIpc) is 3.72. The van der Waals surface area contributed by atoms with Gasteiger partial charge in [0.2, 0.25) is 5.91 Å². The summed E-state index contributed by atoms with van der Waals surface area (Å²) < 4.78 is 50.8. The predicted molar refractivity (Wildman–Crippen MR) is 181 cm³/mol. The Morgan fingerprint density at radius 3 is 2.55 bits per heavy atom. The Balaban J connectivity index is 1.06. The van der Waals surface area contributed by atoms with Gasteiger partial charge in [0.15, 0.2) is 0 Å². The highest BCUT2D eigenvalue weighted by Crippen LogP contribution is 2.37. The second kappa shape index (κ2) is 13.3. The molecule has 0 saturated carbocycles. The molecule has 1 amide bonds. The summed E-state index contributed by atoms with van der Waals surface area (Å²) in [5.41, 5.74) is 4.54. The lowest BCUT2D eigenvalue weighted by Crippen LogP contribution is -2.45. The quantitative estimate of drug-likeness (QED) is 0.200. The van der Waals surface area contributed by atoms with E-state index in [2.05, 4.69) is 31.8 Å². The van der Waals surface area contributed by atoms with Gasteiger partial charge in [-0.15, -0.1) is 0 Å². The van der Waals surface area contributed by atoms with Crippen molar-refractivity contribution in [3.8, 4) is 22.8 Å². The van der Waals surface area contributed by atoms with E-state index in [0.717, 1.165) is 60.5 Å². The minimum absolute atomic E-state index is 0.101. The molecule has 49 heavy (non-hydrogen) atoms. The molecule has 3 aromatic heterocycles. The highest BCUT2D eigenvalue weighted by atomic mass is 19.4. The Morgan fingerprint density at radius 2 is 1.82 bits per heavy atom. The van der Waals surface area contributed by atoms with E-state index >= 15 is 0 Å². The number of halogens is 3. The van der Waals surface area contributed by atoms with Crippen LogP contribution in [0.5, 0.6) is 11.5 Å². The summed E-state index contributed by atoms with van der Waals surface area (Å²) in [6.07, 6.45) is 1.43. The van der Waals surface area contributed by atoms with Crippen LogP contribution in [0.15, 0.2) is 67.1 Å². The van der Waals surface area contributed by atoms with Crippen LogP contribution in [0.2, 0.25) is 0 Å². The number of aromatic nitrogens is 4. The van der Waals surface area contributed by atoms with E-state index in [0.29, 0.717) is 35.7 Å². The van der Waals surface area contributed by atoms with Crippen molar-refractivity contribution in [3.63, 3.8) is 0 Å². The van der Waals surface area contributed by atoms with Gasteiger partial charge in [0, 0.05) is 64.3 Å². The Bertz CT molecular complexity index is 1980. The van der Waals surface area contributed by atoms with Crippen molar-refractivity contribution in [2.24, 2.45) is 7.05 Å². The molecule has 5 aromatic rings. The van der Waals surface area contributed by atoms with E-state index in [4.69, 9.17) is 4.74 Å². The smallest absolute Gasteiger partial charge is 0.416 e. The minimum Gasteiger partial charge on any atom is -0.457 e. The number of H-pyrrole nitrogens is 1. The fourth-order valence-electron chi connectivity index (χ4n) is 7.05. The number of carbonyl (C=O) groups is 1. The van der Waals surface area contributed by atoms with Gasteiger partial charge in [-0.25, -0.2) is 4.98 Å². The third kappa shape index (κ3) is 6.93. The zero-order valence-corrected chi connectivity index (χ0v) is 27.9. The van der Waals surface area contributed by atoms with Gasteiger partial charge in [-0.1, -0.05) is 25.1 Å². The fraction of sp³-hybridized carbons (Fsp3) is 0.378. The summed E-state index contributed by atoms with van der Waals surface area (Å²) in [5.74, 6) is 1.06. The second-order valence-corrected chi connectivity index (χ2v) is 13.0. The second-order valence-electron chi connectivity index (χ2n) is 13.0. The zero-order valence-electron chi connectivity index (χ0n) is 27.9. The minimum atomic E-state index is -4.51. The van der Waals surface area contributed by atoms with Crippen LogP contribution in [0, 0.1) is 0 Å². The van der Waals surface area contributed by atoms with Crippen molar-refractivity contribution in [2.45, 2.75) is 45.5 Å². The molecule has 0 spiro atoms. The Kier molecular flexibility index (Phi) is 8.93. The average molecular weight is 672 g/mol. The van der Waals surface area contributed by atoms with Gasteiger partial charge in [-0.3, -0.25) is 14.4 Å². The summed E-state index contributed by atoms with van der Waals surface area (Å²) in [6.45, 7) is 8.90. The molecule has 9 nitrogen and oxygen atoms in total. The SMILES string of the molecule is CCN1CCN(Cc2ccc(CC(=O)N3CCc4ccc(Oc5ccnc6[nH]c(-c7cnn(C)c7)cc56)cc4[C@@H]3C)cc2C(F)(F)F)CC1. The Hall–Kier alpha value is -4.68. The van der Waals surface area contributed by atoms with Crippen molar-refractivity contribution in [3.05, 3.63) is 94.9 Å². The molecule has 2 aromatic carbocycles. The molecule has 7 rings (SSSR count). The summed E-state index contributed by atoms with van der Waals surface area (Å²) in [6, 6.07) is 13.8. The molecular weight excluding hydrogens is 631 g/mol. The number of benzene rings is 2. The number of carbonyl (C=O) groups excluding carboxylic acids is 1. The lowest BCUT2D eigenvalue weighted by molar-refractivity contribution is -0.139. The first-order valence-corrected chi connectivity index (χ1v) is 16.8. The van der Waals surface area contributed by atoms with Crippen molar-refractivity contribution in [1.82, 2.24) is 34.4 Å².